The van der Waals surface area contributed by atoms with Crippen molar-refractivity contribution in [2.75, 3.05) is 33.9 Å². The molecule has 1 N–H and O–H groups in total. The average molecular weight is 434 g/mol. The number of hydrogen-bond donors (Lipinski definition) is 1. The molecule has 3 aromatic rings. The highest BCUT2D eigenvalue weighted by molar-refractivity contribution is 5.42. The molecule has 1 heterocycles. The van der Waals surface area contributed by atoms with Crippen molar-refractivity contribution in [3.63, 3.8) is 0 Å². The Labute approximate surface area is 190 Å². The predicted octanol–water partition coefficient (Wildman–Crippen LogP) is 4.04. The summed E-state index contributed by atoms with van der Waals surface area (Å²) in [5.74, 6) is 1.45. The largest absolute Gasteiger partial charge is 0.497 e. The Bertz CT molecular complexity index is 995. The van der Waals surface area contributed by atoms with Gasteiger partial charge in [-0.05, 0) is 29.3 Å². The van der Waals surface area contributed by atoms with E-state index in [1.165, 1.54) is 5.56 Å². The Morgan fingerprint density at radius 2 is 1.69 bits per heavy atom. The van der Waals surface area contributed by atoms with Crippen LogP contribution in [-0.4, -0.2) is 50.0 Å². The van der Waals surface area contributed by atoms with Crippen LogP contribution in [0.1, 0.15) is 16.7 Å². The summed E-state index contributed by atoms with van der Waals surface area (Å²) < 4.78 is 17.2. The average Bonchev–Trinajstić information content (AvgIpc) is 2.85. The molecule has 5 heteroatoms. The second-order valence-electron chi connectivity index (χ2n) is 8.22. The van der Waals surface area contributed by atoms with Crippen molar-refractivity contribution in [1.29, 1.82) is 0 Å². The maximum atomic E-state index is 12.2. The number of morpholine rings is 1. The molecule has 2 atom stereocenters. The first-order valence-electron chi connectivity index (χ1n) is 11.0. The summed E-state index contributed by atoms with van der Waals surface area (Å²) in [6, 6.07) is 25.9. The zero-order chi connectivity index (χ0) is 22.4. The van der Waals surface area contributed by atoms with E-state index in [2.05, 4.69) is 29.2 Å². The van der Waals surface area contributed by atoms with Gasteiger partial charge in [0.15, 0.2) is 0 Å². The molecule has 3 aromatic carbocycles. The lowest BCUT2D eigenvalue weighted by Crippen LogP contribution is -2.53. The summed E-state index contributed by atoms with van der Waals surface area (Å²) in [4.78, 5) is 2.35. The smallest absolute Gasteiger partial charge is 0.122 e. The van der Waals surface area contributed by atoms with Gasteiger partial charge >= 0.3 is 0 Å². The zero-order valence-electron chi connectivity index (χ0n) is 18.7. The number of benzene rings is 3. The standard InChI is InChI=1S/C27H31NO4/c1-30-24-13-14-25(31-2)22(17-24)18-27(29,23-11-7-4-8-12-23)26-20-28(15-16-32-26)19-21-9-5-3-6-10-21/h3-14,17,26,29H,15-16,18-20H2,1-2H3/t26-,27+/m0/s1. The van der Waals surface area contributed by atoms with Crippen molar-refractivity contribution < 1.29 is 19.3 Å². The van der Waals surface area contributed by atoms with E-state index < -0.39 is 11.7 Å². The van der Waals surface area contributed by atoms with Gasteiger partial charge < -0.3 is 19.3 Å². The van der Waals surface area contributed by atoms with Crippen LogP contribution >= 0.6 is 0 Å². The number of ether oxygens (including phenoxy) is 3. The SMILES string of the molecule is COc1ccc(OC)c(C[C@@](O)(c2ccccc2)[C@@H]2CN(Cc3ccccc3)CCO2)c1. The highest BCUT2D eigenvalue weighted by atomic mass is 16.5. The molecule has 1 aliphatic rings. The molecule has 0 amide bonds. The van der Waals surface area contributed by atoms with E-state index in [-0.39, 0.29) is 0 Å². The highest BCUT2D eigenvalue weighted by Crippen LogP contribution is 2.37. The number of aliphatic hydroxyl groups is 1. The van der Waals surface area contributed by atoms with Crippen LogP contribution in [0.2, 0.25) is 0 Å². The fraction of sp³-hybridized carbons (Fsp3) is 0.333. The van der Waals surface area contributed by atoms with Crippen LogP contribution in [0.25, 0.3) is 0 Å². The van der Waals surface area contributed by atoms with E-state index in [9.17, 15) is 5.11 Å². The minimum Gasteiger partial charge on any atom is -0.497 e. The van der Waals surface area contributed by atoms with Crippen molar-refractivity contribution in [2.24, 2.45) is 0 Å². The Kier molecular flexibility index (Phi) is 7.10. The van der Waals surface area contributed by atoms with Crippen LogP contribution in [0.5, 0.6) is 11.5 Å². The topological polar surface area (TPSA) is 51.2 Å². The van der Waals surface area contributed by atoms with E-state index >= 15 is 0 Å². The summed E-state index contributed by atoms with van der Waals surface area (Å²) in [6.45, 7) is 2.86. The molecule has 168 valence electrons. The maximum Gasteiger partial charge on any atom is 0.122 e. The fourth-order valence-corrected chi connectivity index (χ4v) is 4.42. The molecular weight excluding hydrogens is 402 g/mol. The molecule has 4 rings (SSSR count). The van der Waals surface area contributed by atoms with Crippen molar-refractivity contribution in [2.45, 2.75) is 24.7 Å². The lowest BCUT2D eigenvalue weighted by molar-refractivity contribution is -0.150. The molecule has 0 aromatic heterocycles. The van der Waals surface area contributed by atoms with Gasteiger partial charge in [0, 0.05) is 31.6 Å². The Hall–Kier alpha value is -2.86. The molecule has 0 saturated carbocycles. The fourth-order valence-electron chi connectivity index (χ4n) is 4.42. The van der Waals surface area contributed by atoms with Gasteiger partial charge in [-0.25, -0.2) is 0 Å². The first-order chi connectivity index (χ1) is 15.6. The van der Waals surface area contributed by atoms with Gasteiger partial charge in [-0.3, -0.25) is 4.90 Å². The van der Waals surface area contributed by atoms with Crippen LogP contribution in [0.15, 0.2) is 78.9 Å². The Morgan fingerprint density at radius 3 is 2.38 bits per heavy atom. The number of rotatable bonds is 8. The molecule has 1 fully saturated rings. The van der Waals surface area contributed by atoms with Crippen molar-refractivity contribution in [1.82, 2.24) is 4.90 Å². The van der Waals surface area contributed by atoms with Crippen molar-refractivity contribution in [3.05, 3.63) is 95.6 Å². The van der Waals surface area contributed by atoms with E-state index in [0.29, 0.717) is 19.6 Å². The molecule has 0 spiro atoms. The third-order valence-corrected chi connectivity index (χ3v) is 6.15. The van der Waals surface area contributed by atoms with E-state index in [1.807, 2.05) is 54.6 Å². The van der Waals surface area contributed by atoms with E-state index in [1.54, 1.807) is 14.2 Å². The lowest BCUT2D eigenvalue weighted by Gasteiger charge is -2.42. The molecule has 1 aliphatic heterocycles. The second kappa shape index (κ2) is 10.2. The lowest BCUT2D eigenvalue weighted by atomic mass is 9.81. The predicted molar refractivity (Wildman–Crippen MR) is 125 cm³/mol. The highest BCUT2D eigenvalue weighted by Gasteiger charge is 2.42. The first-order valence-corrected chi connectivity index (χ1v) is 11.0. The van der Waals surface area contributed by atoms with Crippen molar-refractivity contribution in [3.8, 4) is 11.5 Å². The summed E-state index contributed by atoms with van der Waals surface area (Å²) in [7, 11) is 3.28. The number of hydrogen-bond acceptors (Lipinski definition) is 5. The van der Waals surface area contributed by atoms with Crippen LogP contribution < -0.4 is 9.47 Å². The van der Waals surface area contributed by atoms with Crippen LogP contribution in [0, 0.1) is 0 Å². The van der Waals surface area contributed by atoms with Crippen molar-refractivity contribution >= 4 is 0 Å². The third-order valence-electron chi connectivity index (χ3n) is 6.15. The normalized spacial score (nSPS) is 18.7. The molecule has 5 nitrogen and oxygen atoms in total. The molecule has 32 heavy (non-hydrogen) atoms. The molecular formula is C27H31NO4. The van der Waals surface area contributed by atoms with Gasteiger partial charge in [0.05, 0.1) is 20.8 Å². The zero-order valence-corrected chi connectivity index (χ0v) is 18.7. The van der Waals surface area contributed by atoms with E-state index in [0.717, 1.165) is 35.7 Å². The van der Waals surface area contributed by atoms with Gasteiger partial charge in [-0.1, -0.05) is 60.7 Å². The summed E-state index contributed by atoms with van der Waals surface area (Å²) in [6.07, 6.45) is -0.0420. The van der Waals surface area contributed by atoms with Gasteiger partial charge in [-0.15, -0.1) is 0 Å². The molecule has 0 unspecified atom stereocenters. The molecule has 0 bridgehead atoms. The summed E-state index contributed by atoms with van der Waals surface area (Å²) in [5.41, 5.74) is 1.74. The summed E-state index contributed by atoms with van der Waals surface area (Å²) in [5, 5.41) is 12.2. The van der Waals surface area contributed by atoms with Crippen LogP contribution in [-0.2, 0) is 23.3 Å². The minimum atomic E-state index is -1.23. The number of nitrogens with zero attached hydrogens (tertiary/aromatic N) is 1. The minimum absolute atomic E-state index is 0.348. The Morgan fingerprint density at radius 1 is 0.969 bits per heavy atom. The number of methoxy groups -OCH3 is 2. The van der Waals surface area contributed by atoms with Gasteiger partial charge in [0.25, 0.3) is 0 Å². The van der Waals surface area contributed by atoms with Crippen LogP contribution in [0.4, 0.5) is 0 Å². The third kappa shape index (κ3) is 4.96. The van der Waals surface area contributed by atoms with Crippen LogP contribution in [0.3, 0.4) is 0 Å². The molecule has 0 aliphatic carbocycles. The van der Waals surface area contributed by atoms with Gasteiger partial charge in [-0.2, -0.15) is 0 Å². The monoisotopic (exact) mass is 433 g/mol. The first kappa shape index (κ1) is 22.3. The van der Waals surface area contributed by atoms with E-state index in [4.69, 9.17) is 14.2 Å². The maximum absolute atomic E-state index is 12.2. The Balaban J connectivity index is 1.65. The second-order valence-corrected chi connectivity index (χ2v) is 8.22. The quantitative estimate of drug-likeness (QED) is 0.581. The summed E-state index contributed by atoms with van der Waals surface area (Å²) >= 11 is 0. The van der Waals surface area contributed by atoms with Gasteiger partial charge in [0.1, 0.15) is 23.2 Å². The molecule has 1 saturated heterocycles. The molecule has 0 radical (unpaired) electrons. The van der Waals surface area contributed by atoms with Gasteiger partial charge in [0.2, 0.25) is 0 Å².